The Balaban J connectivity index is 2.34. The minimum absolute atomic E-state index is 0.291. The van der Waals surface area contributed by atoms with Crippen LogP contribution in [0.5, 0.6) is 0 Å². The van der Waals surface area contributed by atoms with Gasteiger partial charge in [-0.15, -0.1) is 0 Å². The summed E-state index contributed by atoms with van der Waals surface area (Å²) in [5.74, 6) is 3.42. The van der Waals surface area contributed by atoms with Crippen LogP contribution < -0.4 is 11.5 Å². The molecular weight excluding hydrogens is 216 g/mol. The lowest BCUT2D eigenvalue weighted by Gasteiger charge is -2.19. The van der Waals surface area contributed by atoms with Crippen molar-refractivity contribution in [3.05, 3.63) is 47.3 Å². The van der Waals surface area contributed by atoms with Gasteiger partial charge in [-0.25, -0.2) is 0 Å². The zero-order valence-corrected chi connectivity index (χ0v) is 10.3. The van der Waals surface area contributed by atoms with Crippen molar-refractivity contribution in [1.82, 2.24) is 0 Å². The van der Waals surface area contributed by atoms with E-state index in [1.54, 1.807) is 0 Å². The fraction of sp³-hybridized carbons (Fsp3) is 0.385. The lowest BCUT2D eigenvalue weighted by molar-refractivity contribution is -0.390. The Kier molecular flexibility index (Phi) is 3.09. The van der Waals surface area contributed by atoms with E-state index in [4.69, 9.17) is 14.6 Å². The first-order valence-electron chi connectivity index (χ1n) is 5.75. The molecule has 0 saturated heterocycles. The second-order valence-electron chi connectivity index (χ2n) is 4.61. The molecule has 17 heavy (non-hydrogen) atoms. The molecule has 4 heteroatoms. The van der Waals surface area contributed by atoms with Crippen LogP contribution in [0.4, 0.5) is 0 Å². The van der Waals surface area contributed by atoms with Crippen LogP contribution in [0.3, 0.4) is 0 Å². The Hall–Kier alpha value is -1.52. The lowest BCUT2D eigenvalue weighted by atomic mass is 9.87. The number of hydrogen-bond acceptors (Lipinski definition) is 3. The van der Waals surface area contributed by atoms with Gasteiger partial charge < -0.3 is 20.3 Å². The van der Waals surface area contributed by atoms with Crippen LogP contribution >= 0.6 is 0 Å². The Morgan fingerprint density at radius 1 is 1.06 bits per heavy atom. The third-order valence-electron chi connectivity index (χ3n) is 3.00. The molecule has 0 spiro atoms. The van der Waals surface area contributed by atoms with Crippen molar-refractivity contribution in [2.45, 2.75) is 32.4 Å². The first-order chi connectivity index (χ1) is 8.07. The molecule has 2 aromatic rings. The molecule has 0 saturated carbocycles. The average Bonchev–Trinajstić information content (AvgIpc) is 2.98. The Labute approximate surface area is 101 Å². The number of nitrogens with two attached hydrogens (primary N) is 1. The summed E-state index contributed by atoms with van der Waals surface area (Å²) in [6, 6.07) is 7.79. The molecule has 0 aromatic carbocycles. The van der Waals surface area contributed by atoms with Crippen molar-refractivity contribution < 1.29 is 14.6 Å². The predicted molar refractivity (Wildman–Crippen MR) is 64.0 cm³/mol. The normalized spacial score (nSPS) is 12.0. The maximum Gasteiger partial charge on any atom is 0.158 e. The summed E-state index contributed by atoms with van der Waals surface area (Å²) in [6.07, 6.45) is 0. The zero-order chi connectivity index (χ0) is 12.5. The van der Waals surface area contributed by atoms with E-state index in [1.807, 2.05) is 24.3 Å². The topological polar surface area (TPSA) is 79.9 Å². The summed E-state index contributed by atoms with van der Waals surface area (Å²) in [5.41, 5.74) is 9.06. The summed E-state index contributed by atoms with van der Waals surface area (Å²) in [5, 5.41) is 0. The van der Waals surface area contributed by atoms with Gasteiger partial charge in [0.2, 0.25) is 0 Å². The van der Waals surface area contributed by atoms with E-state index in [0.29, 0.717) is 13.1 Å². The largest absolute Gasteiger partial charge is 0.464 e. The van der Waals surface area contributed by atoms with Gasteiger partial charge in [0.15, 0.2) is 5.76 Å². The Morgan fingerprint density at radius 2 is 1.59 bits per heavy atom. The zero-order valence-electron chi connectivity index (χ0n) is 10.3. The fourth-order valence-electron chi connectivity index (χ4n) is 1.79. The standard InChI is InChI=1S/C13H18N2O2/c1-13(2,11-5-3-9(7-14)16-11)12-6-4-10(8-15)17-12/h3-6H,7-8,14-15H2,1-2H3/p+1. The molecule has 0 aliphatic rings. The molecule has 0 aliphatic heterocycles. The fourth-order valence-corrected chi connectivity index (χ4v) is 1.79. The molecule has 2 heterocycles. The van der Waals surface area contributed by atoms with Crippen molar-refractivity contribution in [1.29, 1.82) is 0 Å². The molecule has 92 valence electrons. The van der Waals surface area contributed by atoms with Crippen LogP contribution in [0, 0.1) is 0 Å². The molecule has 2 rings (SSSR count). The van der Waals surface area contributed by atoms with Gasteiger partial charge in [0.1, 0.15) is 23.8 Å². The molecule has 0 unspecified atom stereocenters. The van der Waals surface area contributed by atoms with Crippen LogP contribution in [0.25, 0.3) is 0 Å². The monoisotopic (exact) mass is 235 g/mol. The molecule has 0 atom stereocenters. The first-order valence-corrected chi connectivity index (χ1v) is 5.75. The third kappa shape index (κ3) is 2.14. The second-order valence-corrected chi connectivity index (χ2v) is 4.61. The van der Waals surface area contributed by atoms with Crippen molar-refractivity contribution in [3.63, 3.8) is 0 Å². The highest BCUT2D eigenvalue weighted by molar-refractivity contribution is 5.27. The van der Waals surface area contributed by atoms with Gasteiger partial charge in [-0.3, -0.25) is 0 Å². The van der Waals surface area contributed by atoms with Crippen LogP contribution in [-0.4, -0.2) is 0 Å². The lowest BCUT2D eigenvalue weighted by Crippen LogP contribution is -2.47. The smallest absolute Gasteiger partial charge is 0.158 e. The van der Waals surface area contributed by atoms with Gasteiger partial charge in [-0.05, 0) is 38.1 Å². The average molecular weight is 235 g/mol. The Morgan fingerprint density at radius 3 is 2.00 bits per heavy atom. The number of rotatable bonds is 4. The Bertz CT molecular complexity index is 453. The maximum absolute atomic E-state index is 5.74. The summed E-state index contributed by atoms with van der Waals surface area (Å²) >= 11 is 0. The van der Waals surface area contributed by atoms with Gasteiger partial charge in [0, 0.05) is 0 Å². The van der Waals surface area contributed by atoms with E-state index < -0.39 is 0 Å². The molecule has 0 radical (unpaired) electrons. The third-order valence-corrected chi connectivity index (χ3v) is 3.00. The highest BCUT2D eigenvalue weighted by Gasteiger charge is 2.30. The van der Waals surface area contributed by atoms with Crippen LogP contribution in [0.15, 0.2) is 33.1 Å². The van der Waals surface area contributed by atoms with Crippen molar-refractivity contribution in [2.24, 2.45) is 5.73 Å². The summed E-state index contributed by atoms with van der Waals surface area (Å²) < 4.78 is 11.4. The van der Waals surface area contributed by atoms with Gasteiger partial charge >= 0.3 is 0 Å². The summed E-state index contributed by atoms with van der Waals surface area (Å²) in [4.78, 5) is 0. The van der Waals surface area contributed by atoms with E-state index >= 15 is 0 Å². The van der Waals surface area contributed by atoms with E-state index in [2.05, 4.69) is 19.6 Å². The van der Waals surface area contributed by atoms with Crippen molar-refractivity contribution in [3.8, 4) is 0 Å². The highest BCUT2D eigenvalue weighted by atomic mass is 16.4. The van der Waals surface area contributed by atoms with Crippen molar-refractivity contribution in [2.75, 3.05) is 0 Å². The molecule has 0 aliphatic carbocycles. The van der Waals surface area contributed by atoms with Crippen LogP contribution in [-0.2, 0) is 18.5 Å². The second kappa shape index (κ2) is 4.39. The van der Waals surface area contributed by atoms with Gasteiger partial charge in [0.05, 0.1) is 12.0 Å². The number of furan rings is 2. The van der Waals surface area contributed by atoms with E-state index in [9.17, 15) is 0 Å². The van der Waals surface area contributed by atoms with E-state index in [-0.39, 0.29) is 5.41 Å². The molecule has 0 bridgehead atoms. The highest BCUT2D eigenvalue weighted by Crippen LogP contribution is 2.33. The number of quaternary nitrogens is 1. The quantitative estimate of drug-likeness (QED) is 0.840. The maximum atomic E-state index is 5.74. The van der Waals surface area contributed by atoms with Crippen LogP contribution in [0.1, 0.15) is 36.9 Å². The molecular formula is C13H19N2O2+. The predicted octanol–water partition coefficient (Wildman–Crippen LogP) is 1.40. The van der Waals surface area contributed by atoms with Crippen LogP contribution in [0.2, 0.25) is 0 Å². The molecule has 0 fully saturated rings. The molecule has 5 N–H and O–H groups in total. The van der Waals surface area contributed by atoms with E-state index in [0.717, 1.165) is 23.0 Å². The van der Waals surface area contributed by atoms with Gasteiger partial charge in [-0.1, -0.05) is 0 Å². The molecule has 2 aromatic heterocycles. The minimum atomic E-state index is -0.291. The minimum Gasteiger partial charge on any atom is -0.464 e. The SMILES string of the molecule is CC(C)(c1ccc(CN)o1)c1ccc(C[NH3+])o1. The van der Waals surface area contributed by atoms with Crippen molar-refractivity contribution >= 4 is 0 Å². The van der Waals surface area contributed by atoms with Gasteiger partial charge in [0.25, 0.3) is 0 Å². The van der Waals surface area contributed by atoms with Gasteiger partial charge in [-0.2, -0.15) is 0 Å². The number of hydrogen-bond donors (Lipinski definition) is 2. The summed E-state index contributed by atoms with van der Waals surface area (Å²) in [6.45, 7) is 5.20. The van der Waals surface area contributed by atoms with E-state index in [1.165, 1.54) is 0 Å². The molecule has 0 amide bonds. The summed E-state index contributed by atoms with van der Waals surface area (Å²) in [7, 11) is 0. The molecule has 4 nitrogen and oxygen atoms in total. The first kappa shape index (κ1) is 12.0.